The number of benzene rings is 2. The quantitative estimate of drug-likeness (QED) is 0.642. The summed E-state index contributed by atoms with van der Waals surface area (Å²) in [6.07, 6.45) is 0.712. The number of hydrogen-bond acceptors (Lipinski definition) is 3. The van der Waals surface area contributed by atoms with Crippen molar-refractivity contribution in [3.63, 3.8) is 0 Å². The van der Waals surface area contributed by atoms with Gasteiger partial charge >= 0.3 is 0 Å². The minimum Gasteiger partial charge on any atom is -0.417 e. The SMILES string of the molecule is O=Cc1cccc(C(=O)c2ccccc2OBr)c1. The molecule has 0 radical (unpaired) electrons. The first-order valence-corrected chi connectivity index (χ1v) is 5.88. The lowest BCUT2D eigenvalue weighted by molar-refractivity contribution is 0.103. The first kappa shape index (κ1) is 12.5. The van der Waals surface area contributed by atoms with Crippen molar-refractivity contribution < 1.29 is 13.4 Å². The van der Waals surface area contributed by atoms with Crippen molar-refractivity contribution >= 4 is 28.3 Å². The van der Waals surface area contributed by atoms with Crippen molar-refractivity contribution in [3.05, 3.63) is 65.2 Å². The van der Waals surface area contributed by atoms with Crippen LogP contribution in [0, 0.1) is 0 Å². The Labute approximate surface area is 113 Å². The van der Waals surface area contributed by atoms with Crippen molar-refractivity contribution in [2.75, 3.05) is 0 Å². The molecular weight excluding hydrogens is 296 g/mol. The summed E-state index contributed by atoms with van der Waals surface area (Å²) in [7, 11) is 0. The standard InChI is InChI=1S/C14H9BrO3/c15-18-13-7-2-1-6-12(13)14(17)11-5-3-4-10(8-11)9-16/h1-9H. The first-order chi connectivity index (χ1) is 8.76. The summed E-state index contributed by atoms with van der Waals surface area (Å²) in [5.74, 6) is 0.257. The number of aldehydes is 1. The fraction of sp³-hybridized carbons (Fsp3) is 0. The van der Waals surface area contributed by atoms with Crippen LogP contribution in [0.5, 0.6) is 5.75 Å². The van der Waals surface area contributed by atoms with Crippen molar-refractivity contribution in [1.29, 1.82) is 0 Å². The van der Waals surface area contributed by atoms with E-state index >= 15 is 0 Å². The molecule has 0 atom stereocenters. The second-order valence-electron chi connectivity index (χ2n) is 3.65. The summed E-state index contributed by atoms with van der Waals surface area (Å²) in [4.78, 5) is 23.0. The highest BCUT2D eigenvalue weighted by Crippen LogP contribution is 2.23. The Bertz CT molecular complexity index is 593. The van der Waals surface area contributed by atoms with Gasteiger partial charge in [-0.05, 0) is 18.2 Å². The topological polar surface area (TPSA) is 43.4 Å². The van der Waals surface area contributed by atoms with Crippen LogP contribution < -0.4 is 3.83 Å². The molecule has 90 valence electrons. The molecule has 2 aromatic rings. The maximum Gasteiger partial charge on any atom is 0.196 e. The van der Waals surface area contributed by atoms with Crippen molar-refractivity contribution in [3.8, 4) is 5.75 Å². The number of rotatable bonds is 4. The van der Waals surface area contributed by atoms with Crippen LogP contribution in [0.25, 0.3) is 0 Å². The molecule has 2 aromatic carbocycles. The number of carbonyl (C=O) groups excluding carboxylic acids is 2. The van der Waals surface area contributed by atoms with Crippen molar-refractivity contribution in [2.45, 2.75) is 0 Å². The minimum absolute atomic E-state index is 0.186. The van der Waals surface area contributed by atoms with E-state index in [1.807, 2.05) is 0 Å². The molecule has 18 heavy (non-hydrogen) atoms. The average Bonchev–Trinajstić information content (AvgIpc) is 2.46. The number of ketones is 1. The van der Waals surface area contributed by atoms with E-state index in [4.69, 9.17) is 3.83 Å². The number of hydrogen-bond donors (Lipinski definition) is 0. The summed E-state index contributed by atoms with van der Waals surface area (Å²) < 4.78 is 4.97. The van der Waals surface area contributed by atoms with Gasteiger partial charge in [0.25, 0.3) is 0 Å². The first-order valence-electron chi connectivity index (χ1n) is 5.24. The summed E-state index contributed by atoms with van der Waals surface area (Å²) >= 11 is 2.87. The van der Waals surface area contributed by atoms with Crippen molar-refractivity contribution in [1.82, 2.24) is 0 Å². The lowest BCUT2D eigenvalue weighted by atomic mass is 10.0. The van der Waals surface area contributed by atoms with E-state index in [0.717, 1.165) is 0 Å². The van der Waals surface area contributed by atoms with Gasteiger partial charge in [-0.2, -0.15) is 0 Å². The molecule has 4 heteroatoms. The normalized spacial score (nSPS) is 9.83. The van der Waals surface area contributed by atoms with Crippen molar-refractivity contribution in [2.24, 2.45) is 0 Å². The van der Waals surface area contributed by atoms with Crippen LogP contribution in [-0.2, 0) is 0 Å². The van der Waals surface area contributed by atoms with E-state index in [0.29, 0.717) is 28.7 Å². The van der Waals surface area contributed by atoms with E-state index in [1.54, 1.807) is 48.5 Å². The third-order valence-corrected chi connectivity index (χ3v) is 2.85. The second kappa shape index (κ2) is 5.60. The van der Waals surface area contributed by atoms with Crippen LogP contribution in [0.2, 0.25) is 0 Å². The van der Waals surface area contributed by atoms with Crippen LogP contribution in [0.4, 0.5) is 0 Å². The van der Waals surface area contributed by atoms with Gasteiger partial charge in [0.05, 0.1) is 5.56 Å². The van der Waals surface area contributed by atoms with Gasteiger partial charge in [0.1, 0.15) is 12.0 Å². The van der Waals surface area contributed by atoms with Gasteiger partial charge in [0.2, 0.25) is 0 Å². The molecule has 0 N–H and O–H groups in total. The monoisotopic (exact) mass is 304 g/mol. The van der Waals surface area contributed by atoms with Crippen LogP contribution in [-0.4, -0.2) is 12.1 Å². The van der Waals surface area contributed by atoms with E-state index in [2.05, 4.69) is 16.3 Å². The summed E-state index contributed by atoms with van der Waals surface area (Å²) in [6, 6.07) is 13.4. The third-order valence-electron chi connectivity index (χ3n) is 2.50. The zero-order chi connectivity index (χ0) is 13.0. The maximum atomic E-state index is 12.3. The van der Waals surface area contributed by atoms with E-state index < -0.39 is 0 Å². The molecule has 0 aliphatic carbocycles. The van der Waals surface area contributed by atoms with Gasteiger partial charge in [-0.3, -0.25) is 9.59 Å². The Morgan fingerprint density at radius 2 is 1.89 bits per heavy atom. The molecule has 0 bridgehead atoms. The molecule has 0 aliphatic heterocycles. The highest BCUT2D eigenvalue weighted by Gasteiger charge is 2.14. The van der Waals surface area contributed by atoms with Crippen LogP contribution in [0.15, 0.2) is 48.5 Å². The lowest BCUT2D eigenvalue weighted by Gasteiger charge is -2.05. The average molecular weight is 305 g/mol. The fourth-order valence-corrected chi connectivity index (χ4v) is 1.91. The Hall–Kier alpha value is -1.94. The summed E-state index contributed by atoms with van der Waals surface area (Å²) in [6.45, 7) is 0. The Morgan fingerprint density at radius 3 is 2.61 bits per heavy atom. The highest BCUT2D eigenvalue weighted by molar-refractivity contribution is 9.06. The second-order valence-corrected chi connectivity index (χ2v) is 3.97. The minimum atomic E-state index is -0.186. The molecule has 0 aromatic heterocycles. The zero-order valence-corrected chi connectivity index (χ0v) is 10.9. The highest BCUT2D eigenvalue weighted by atomic mass is 79.9. The summed E-state index contributed by atoms with van der Waals surface area (Å²) in [5, 5.41) is 0. The largest absolute Gasteiger partial charge is 0.417 e. The molecule has 0 heterocycles. The Kier molecular flexibility index (Phi) is 3.89. The van der Waals surface area contributed by atoms with Gasteiger partial charge < -0.3 is 3.83 Å². The molecular formula is C14H9BrO3. The van der Waals surface area contributed by atoms with Gasteiger partial charge in [0.15, 0.2) is 22.0 Å². The Balaban J connectivity index is 2.44. The molecule has 0 spiro atoms. The summed E-state index contributed by atoms with van der Waals surface area (Å²) in [5.41, 5.74) is 1.37. The van der Waals surface area contributed by atoms with Crippen LogP contribution >= 0.6 is 16.3 Å². The maximum absolute atomic E-state index is 12.3. The van der Waals surface area contributed by atoms with Crippen LogP contribution in [0.3, 0.4) is 0 Å². The predicted octanol–water partition coefficient (Wildman–Crippen LogP) is 3.42. The van der Waals surface area contributed by atoms with Gasteiger partial charge in [0, 0.05) is 11.1 Å². The van der Waals surface area contributed by atoms with Gasteiger partial charge in [-0.15, -0.1) is 0 Å². The molecule has 0 unspecified atom stereocenters. The molecule has 0 saturated carbocycles. The predicted molar refractivity (Wildman–Crippen MR) is 71.3 cm³/mol. The number of para-hydroxylation sites is 1. The smallest absolute Gasteiger partial charge is 0.196 e. The zero-order valence-electron chi connectivity index (χ0n) is 9.30. The fourth-order valence-electron chi connectivity index (χ4n) is 1.63. The molecule has 0 fully saturated rings. The number of carbonyl (C=O) groups is 2. The lowest BCUT2D eigenvalue weighted by Crippen LogP contribution is -2.03. The van der Waals surface area contributed by atoms with Crippen LogP contribution in [0.1, 0.15) is 26.3 Å². The third kappa shape index (κ3) is 2.49. The van der Waals surface area contributed by atoms with E-state index in [1.165, 1.54) is 0 Å². The molecule has 0 saturated heterocycles. The molecule has 0 amide bonds. The molecule has 2 rings (SSSR count). The van der Waals surface area contributed by atoms with E-state index in [9.17, 15) is 9.59 Å². The molecule has 0 aliphatic rings. The molecule has 3 nitrogen and oxygen atoms in total. The van der Waals surface area contributed by atoms with Gasteiger partial charge in [-0.25, -0.2) is 0 Å². The van der Waals surface area contributed by atoms with Gasteiger partial charge in [-0.1, -0.05) is 30.3 Å². The Morgan fingerprint density at radius 1 is 1.11 bits per heavy atom. The van der Waals surface area contributed by atoms with E-state index in [-0.39, 0.29) is 5.78 Å². The number of halogens is 1.